The number of alkyl halides is 4. The molecule has 0 spiro atoms. The number of imidazole rings is 1. The third-order valence-electron chi connectivity index (χ3n) is 8.18. The van der Waals surface area contributed by atoms with Gasteiger partial charge in [-0.2, -0.15) is 13.2 Å². The van der Waals surface area contributed by atoms with Gasteiger partial charge >= 0.3 is 11.9 Å². The first-order valence-electron chi connectivity index (χ1n) is 12.8. The summed E-state index contributed by atoms with van der Waals surface area (Å²) >= 11 is 0. The first-order chi connectivity index (χ1) is 18.5. The molecule has 1 aromatic carbocycles. The highest BCUT2D eigenvalue weighted by atomic mass is 19.4. The number of ether oxygens (including phenoxy) is 1. The van der Waals surface area contributed by atoms with E-state index in [1.54, 1.807) is 31.3 Å². The van der Waals surface area contributed by atoms with Crippen LogP contribution >= 0.6 is 0 Å². The van der Waals surface area contributed by atoms with E-state index >= 15 is 4.39 Å². The molecule has 2 fully saturated rings. The van der Waals surface area contributed by atoms with Crippen LogP contribution in [0, 0.1) is 0 Å². The van der Waals surface area contributed by atoms with Crippen LogP contribution in [0.3, 0.4) is 0 Å². The lowest BCUT2D eigenvalue weighted by atomic mass is 9.74. The summed E-state index contributed by atoms with van der Waals surface area (Å²) < 4.78 is 67.2. The van der Waals surface area contributed by atoms with Gasteiger partial charge in [0.15, 0.2) is 12.0 Å². The van der Waals surface area contributed by atoms with Gasteiger partial charge in [0, 0.05) is 31.5 Å². The summed E-state index contributed by atoms with van der Waals surface area (Å²) in [5.41, 5.74) is -1.70. The van der Waals surface area contributed by atoms with Crippen LogP contribution in [0.15, 0.2) is 53.8 Å². The maximum Gasteiger partial charge on any atom is 0.418 e. The topological polar surface area (TPSA) is 78.4 Å². The monoisotopic (exact) mass is 544 g/mol. The van der Waals surface area contributed by atoms with Crippen molar-refractivity contribution in [3.8, 4) is 5.69 Å². The number of nitrogens with one attached hydrogen (secondary N) is 1. The van der Waals surface area contributed by atoms with Gasteiger partial charge in [0.2, 0.25) is 0 Å². The van der Waals surface area contributed by atoms with Crippen LogP contribution in [-0.4, -0.2) is 42.5 Å². The zero-order valence-electron chi connectivity index (χ0n) is 21.5. The molecular weight excluding hydrogens is 516 g/mol. The Morgan fingerprint density at radius 1 is 1.18 bits per heavy atom. The van der Waals surface area contributed by atoms with E-state index in [4.69, 9.17) is 4.74 Å². The second-order valence-electron chi connectivity index (χ2n) is 10.9. The van der Waals surface area contributed by atoms with Crippen LogP contribution < -0.4 is 11.0 Å². The molecule has 8 nitrogen and oxygen atoms in total. The summed E-state index contributed by atoms with van der Waals surface area (Å²) in [6, 6.07) is 7.71. The molecule has 0 amide bonds. The third kappa shape index (κ3) is 4.26. The Kier molecular flexibility index (Phi) is 5.96. The minimum absolute atomic E-state index is 0.0879. The van der Waals surface area contributed by atoms with Crippen LogP contribution in [0.2, 0.25) is 0 Å². The molecule has 6 rings (SSSR count). The van der Waals surface area contributed by atoms with E-state index in [1.165, 1.54) is 27.9 Å². The van der Waals surface area contributed by atoms with Gasteiger partial charge in [0.05, 0.1) is 35.4 Å². The van der Waals surface area contributed by atoms with E-state index in [1.807, 2.05) is 6.92 Å². The molecule has 0 bridgehead atoms. The molecule has 2 aliphatic rings. The lowest BCUT2D eigenvalue weighted by Crippen LogP contribution is -2.50. The number of halogens is 4. The molecular formula is C27H28F4N6O2. The van der Waals surface area contributed by atoms with Gasteiger partial charge < -0.3 is 14.6 Å². The van der Waals surface area contributed by atoms with Crippen molar-refractivity contribution in [1.82, 2.24) is 29.0 Å². The lowest BCUT2D eigenvalue weighted by molar-refractivity contribution is -0.136. The van der Waals surface area contributed by atoms with Gasteiger partial charge in [-0.25, -0.2) is 9.18 Å². The van der Waals surface area contributed by atoms with E-state index in [-0.39, 0.29) is 36.6 Å². The van der Waals surface area contributed by atoms with Crippen LogP contribution in [0.4, 0.5) is 17.6 Å². The Labute approximate surface area is 221 Å². The molecule has 1 N–H and O–H groups in total. The molecule has 39 heavy (non-hydrogen) atoms. The van der Waals surface area contributed by atoms with Gasteiger partial charge in [0.1, 0.15) is 6.33 Å². The van der Waals surface area contributed by atoms with E-state index < -0.39 is 29.0 Å². The Morgan fingerprint density at radius 3 is 2.54 bits per heavy atom. The average molecular weight is 545 g/mol. The predicted octanol–water partition coefficient (Wildman–Crippen LogP) is 4.25. The zero-order chi connectivity index (χ0) is 27.6. The molecule has 1 aliphatic heterocycles. The molecule has 1 saturated heterocycles. The van der Waals surface area contributed by atoms with Crippen molar-refractivity contribution in [2.24, 2.45) is 7.05 Å². The lowest BCUT2D eigenvalue weighted by Gasteiger charge is -2.43. The van der Waals surface area contributed by atoms with E-state index in [0.29, 0.717) is 16.8 Å². The second kappa shape index (κ2) is 9.02. The highest BCUT2D eigenvalue weighted by molar-refractivity contribution is 5.58. The highest BCUT2D eigenvalue weighted by Gasteiger charge is 2.50. The van der Waals surface area contributed by atoms with Crippen LogP contribution in [0.25, 0.3) is 11.2 Å². The number of nitrogens with zero attached hydrogens (tertiary/aromatic N) is 5. The molecule has 0 unspecified atom stereocenters. The van der Waals surface area contributed by atoms with Gasteiger partial charge in [-0.1, -0.05) is 12.1 Å². The van der Waals surface area contributed by atoms with E-state index in [9.17, 15) is 18.0 Å². The SMILES string of the molecule is Cn1cnnc1[C@@H](F)C1(c2cccc(-n3cc4c(C(F)(F)F)cc(CNC5(C)CCC5)cn4c3=O)c2)COC1. The minimum Gasteiger partial charge on any atom is -0.379 e. The van der Waals surface area contributed by atoms with Crippen molar-refractivity contribution in [1.29, 1.82) is 0 Å². The van der Waals surface area contributed by atoms with Crippen molar-refractivity contribution >= 4 is 5.52 Å². The molecule has 1 saturated carbocycles. The second-order valence-corrected chi connectivity index (χ2v) is 10.9. The van der Waals surface area contributed by atoms with Gasteiger partial charge in [-0.15, -0.1) is 10.2 Å². The quantitative estimate of drug-likeness (QED) is 0.352. The summed E-state index contributed by atoms with van der Waals surface area (Å²) in [6.45, 7) is 2.43. The fourth-order valence-electron chi connectivity index (χ4n) is 5.47. The number of aryl methyl sites for hydroxylation is 1. The van der Waals surface area contributed by atoms with Crippen molar-refractivity contribution < 1.29 is 22.3 Å². The largest absolute Gasteiger partial charge is 0.418 e. The molecule has 1 aliphatic carbocycles. The van der Waals surface area contributed by atoms with Crippen molar-refractivity contribution in [3.63, 3.8) is 0 Å². The van der Waals surface area contributed by atoms with E-state index in [2.05, 4.69) is 15.5 Å². The highest BCUT2D eigenvalue weighted by Crippen LogP contribution is 2.45. The van der Waals surface area contributed by atoms with E-state index in [0.717, 1.165) is 29.7 Å². The van der Waals surface area contributed by atoms with Crippen LogP contribution in [-0.2, 0) is 29.9 Å². The third-order valence-corrected chi connectivity index (χ3v) is 8.18. The Hall–Kier alpha value is -3.51. The number of aromatic nitrogens is 5. The van der Waals surface area contributed by atoms with Crippen molar-refractivity contribution in [2.45, 2.75) is 56.0 Å². The molecule has 1 atom stereocenters. The molecule has 0 radical (unpaired) electrons. The number of pyridine rings is 1. The van der Waals surface area contributed by atoms with Gasteiger partial charge in [-0.05, 0) is 55.5 Å². The summed E-state index contributed by atoms with van der Waals surface area (Å²) in [4.78, 5) is 13.5. The standard InChI is InChI=1S/C27H28F4N6O2/c1-25(7-4-8-25)32-11-17-9-20(27(29,30)31)21-13-36(24(38)37(21)12-17)19-6-3-5-18(10-19)26(14-39-15-26)22(28)23-34-33-16-35(23)2/h3,5-6,9-10,12-13,16,22,32H,4,7-8,11,14-15H2,1-2H3/t22-/m1/s1. The number of fused-ring (bicyclic) bond motifs is 1. The molecule has 4 heterocycles. The van der Waals surface area contributed by atoms with Crippen molar-refractivity contribution in [2.75, 3.05) is 13.2 Å². The molecule has 12 heteroatoms. The van der Waals surface area contributed by atoms with Crippen LogP contribution in [0.1, 0.15) is 54.9 Å². The molecule has 206 valence electrons. The number of hydrogen-bond donors (Lipinski definition) is 1. The number of hydrogen-bond acceptors (Lipinski definition) is 5. The summed E-state index contributed by atoms with van der Waals surface area (Å²) in [5, 5.41) is 11.0. The van der Waals surface area contributed by atoms with Crippen LogP contribution in [0.5, 0.6) is 0 Å². The number of benzene rings is 1. The van der Waals surface area contributed by atoms with Crippen molar-refractivity contribution in [3.05, 3.63) is 82.1 Å². The summed E-state index contributed by atoms with van der Waals surface area (Å²) in [7, 11) is 1.65. The fraction of sp³-hybridized carbons (Fsp3) is 0.444. The smallest absolute Gasteiger partial charge is 0.379 e. The summed E-state index contributed by atoms with van der Waals surface area (Å²) in [5.74, 6) is 0.141. The molecule has 3 aromatic heterocycles. The maximum absolute atomic E-state index is 15.8. The molecule has 4 aromatic rings. The first kappa shape index (κ1) is 25.8. The van der Waals surface area contributed by atoms with Gasteiger partial charge in [-0.3, -0.25) is 8.97 Å². The van der Waals surface area contributed by atoms with Gasteiger partial charge in [0.25, 0.3) is 0 Å². The maximum atomic E-state index is 15.8. The minimum atomic E-state index is -4.66. The Bertz CT molecular complexity index is 1600. The average Bonchev–Trinajstić information content (AvgIpc) is 3.43. The summed E-state index contributed by atoms with van der Waals surface area (Å²) in [6.07, 6.45) is 0.840. The predicted molar refractivity (Wildman–Crippen MR) is 134 cm³/mol. The zero-order valence-corrected chi connectivity index (χ0v) is 21.5. The Morgan fingerprint density at radius 2 is 1.95 bits per heavy atom. The normalized spacial score (nSPS) is 19.0. The Balaban J connectivity index is 1.41. The first-order valence-corrected chi connectivity index (χ1v) is 12.8. The number of rotatable bonds is 7. The fourth-order valence-corrected chi connectivity index (χ4v) is 5.47.